The number of allylic oxidation sites excluding steroid dienone is 1. The Hall–Kier alpha value is -4.20. The minimum atomic E-state index is -0.649. The summed E-state index contributed by atoms with van der Waals surface area (Å²) in [5.41, 5.74) is 1.58. The van der Waals surface area contributed by atoms with Crippen LogP contribution in [0.25, 0.3) is 6.08 Å². The van der Waals surface area contributed by atoms with Crippen molar-refractivity contribution >= 4 is 17.8 Å². The molecular formula is C24H20O8. The largest absolute Gasteiger partial charge is 0.496 e. The molecule has 0 bridgehead atoms. The highest BCUT2D eigenvalue weighted by Crippen LogP contribution is 2.40. The molecule has 0 unspecified atom stereocenters. The number of carbonyl (C=O) groups is 2. The lowest BCUT2D eigenvalue weighted by atomic mass is 10.0. The number of hydrogen-bond acceptors (Lipinski definition) is 8. The van der Waals surface area contributed by atoms with E-state index in [2.05, 4.69) is 0 Å². The maximum atomic E-state index is 13.0. The zero-order chi connectivity index (χ0) is 22.8. The molecule has 0 spiro atoms. The summed E-state index contributed by atoms with van der Waals surface area (Å²) in [4.78, 5) is 25.2. The van der Waals surface area contributed by atoms with Gasteiger partial charge in [-0.2, -0.15) is 0 Å². The van der Waals surface area contributed by atoms with Crippen molar-refractivity contribution in [3.8, 4) is 28.7 Å². The van der Waals surface area contributed by atoms with E-state index in [0.717, 1.165) is 0 Å². The van der Waals surface area contributed by atoms with Crippen LogP contribution in [-0.4, -0.2) is 33.1 Å². The molecule has 4 rings (SSSR count). The second-order valence-corrected chi connectivity index (χ2v) is 6.87. The van der Waals surface area contributed by atoms with Gasteiger partial charge in [-0.3, -0.25) is 4.79 Å². The van der Waals surface area contributed by atoms with Gasteiger partial charge in [0.2, 0.25) is 11.5 Å². The molecule has 8 nitrogen and oxygen atoms in total. The van der Waals surface area contributed by atoms with Gasteiger partial charge in [0.05, 0.1) is 33.2 Å². The number of ketones is 1. The number of carbonyl (C=O) groups excluding carboxylic acids is 2. The molecule has 0 radical (unpaired) electrons. The number of fused-ring (bicyclic) bond motifs is 1. The predicted octanol–water partition coefficient (Wildman–Crippen LogP) is 4.45. The Balaban J connectivity index is 1.67. The topological polar surface area (TPSA) is 93.4 Å². The maximum Gasteiger partial charge on any atom is 0.379 e. The number of hydrogen-bond donors (Lipinski definition) is 0. The zero-order valence-electron chi connectivity index (χ0n) is 17.9. The number of Topliss-reactive ketones (excluding diaryl/α,β-unsaturated/α-hetero) is 1. The maximum absolute atomic E-state index is 13.0. The Labute approximate surface area is 183 Å². The Bertz CT molecular complexity index is 1220. The van der Waals surface area contributed by atoms with Crippen molar-refractivity contribution < 1.29 is 37.7 Å². The summed E-state index contributed by atoms with van der Waals surface area (Å²) in [7, 11) is 4.55. The molecule has 0 N–H and O–H groups in total. The third kappa shape index (κ3) is 3.78. The molecule has 1 aliphatic rings. The molecule has 0 saturated heterocycles. The van der Waals surface area contributed by atoms with Crippen molar-refractivity contribution in [2.45, 2.75) is 6.92 Å². The highest BCUT2D eigenvalue weighted by molar-refractivity contribution is 6.15. The second-order valence-electron chi connectivity index (χ2n) is 6.87. The van der Waals surface area contributed by atoms with Crippen LogP contribution in [0.3, 0.4) is 0 Å². The lowest BCUT2D eigenvalue weighted by molar-refractivity contribution is 0.0701. The van der Waals surface area contributed by atoms with Crippen molar-refractivity contribution in [3.63, 3.8) is 0 Å². The quantitative estimate of drug-likeness (QED) is 0.318. The number of furan rings is 1. The van der Waals surface area contributed by atoms with Gasteiger partial charge in [0.15, 0.2) is 17.3 Å². The SMILES string of the molecule is COc1cc(OC)c(OC)cc1/C=C1\Oc2cc(OC(=O)c3ccco3)cc(C)c2C1=O. The highest BCUT2D eigenvalue weighted by atomic mass is 16.5. The Morgan fingerprint density at radius 3 is 2.34 bits per heavy atom. The molecule has 2 heterocycles. The fourth-order valence-electron chi connectivity index (χ4n) is 3.40. The van der Waals surface area contributed by atoms with Gasteiger partial charge in [0.25, 0.3) is 0 Å². The van der Waals surface area contributed by atoms with Gasteiger partial charge in [-0.25, -0.2) is 4.79 Å². The van der Waals surface area contributed by atoms with Crippen molar-refractivity contribution in [1.29, 1.82) is 0 Å². The Kier molecular flexibility index (Phi) is 5.59. The fraction of sp³-hybridized carbons (Fsp3) is 0.167. The van der Waals surface area contributed by atoms with Crippen molar-refractivity contribution in [2.75, 3.05) is 21.3 Å². The van der Waals surface area contributed by atoms with Crippen LogP contribution in [0.4, 0.5) is 0 Å². The molecular weight excluding hydrogens is 416 g/mol. The van der Waals surface area contributed by atoms with Gasteiger partial charge >= 0.3 is 5.97 Å². The van der Waals surface area contributed by atoms with E-state index in [-0.39, 0.29) is 23.1 Å². The molecule has 3 aromatic rings. The number of rotatable bonds is 6. The molecule has 8 heteroatoms. The number of benzene rings is 2. The molecule has 0 saturated carbocycles. The molecule has 1 aliphatic heterocycles. The summed E-state index contributed by atoms with van der Waals surface area (Å²) in [6.07, 6.45) is 2.95. The summed E-state index contributed by atoms with van der Waals surface area (Å²) >= 11 is 0. The fourth-order valence-corrected chi connectivity index (χ4v) is 3.40. The van der Waals surface area contributed by atoms with Crippen molar-refractivity contribution in [1.82, 2.24) is 0 Å². The molecule has 0 atom stereocenters. The number of methoxy groups -OCH3 is 3. The summed E-state index contributed by atoms with van der Waals surface area (Å²) < 4.78 is 32.3. The smallest absolute Gasteiger partial charge is 0.379 e. The first-order chi connectivity index (χ1) is 15.4. The first-order valence-corrected chi connectivity index (χ1v) is 9.59. The monoisotopic (exact) mass is 436 g/mol. The predicted molar refractivity (Wildman–Crippen MR) is 114 cm³/mol. The van der Waals surface area contributed by atoms with Crippen molar-refractivity contribution in [2.24, 2.45) is 0 Å². The minimum Gasteiger partial charge on any atom is -0.496 e. The molecule has 2 aromatic carbocycles. The van der Waals surface area contributed by atoms with E-state index in [1.54, 1.807) is 37.3 Å². The molecule has 0 amide bonds. The van der Waals surface area contributed by atoms with Crippen LogP contribution in [0.1, 0.15) is 32.0 Å². The van der Waals surface area contributed by atoms with Crippen LogP contribution < -0.4 is 23.7 Å². The number of aryl methyl sites for hydroxylation is 1. The summed E-state index contributed by atoms with van der Waals surface area (Å²) in [6.45, 7) is 1.74. The normalized spacial score (nSPS) is 13.5. The number of esters is 1. The van der Waals surface area contributed by atoms with E-state index in [1.165, 1.54) is 39.7 Å². The first kappa shape index (κ1) is 21.0. The second kappa shape index (κ2) is 8.50. The van der Waals surface area contributed by atoms with Crippen LogP contribution >= 0.6 is 0 Å². The van der Waals surface area contributed by atoms with Gasteiger partial charge in [-0.1, -0.05) is 0 Å². The third-order valence-electron chi connectivity index (χ3n) is 4.90. The third-order valence-corrected chi connectivity index (χ3v) is 4.90. The van der Waals surface area contributed by atoms with E-state index >= 15 is 0 Å². The van der Waals surface area contributed by atoms with Gasteiger partial charge < -0.3 is 28.1 Å². The van der Waals surface area contributed by atoms with Crippen molar-refractivity contribution in [3.05, 3.63) is 70.9 Å². The first-order valence-electron chi connectivity index (χ1n) is 9.59. The van der Waals surface area contributed by atoms with Gasteiger partial charge in [-0.15, -0.1) is 0 Å². The van der Waals surface area contributed by atoms with Crippen LogP contribution in [0.2, 0.25) is 0 Å². The lowest BCUT2D eigenvalue weighted by Crippen LogP contribution is -2.07. The average Bonchev–Trinajstić information content (AvgIpc) is 3.42. The molecule has 0 fully saturated rings. The van der Waals surface area contributed by atoms with E-state index in [1.807, 2.05) is 0 Å². The molecule has 1 aromatic heterocycles. The van der Waals surface area contributed by atoms with E-state index in [9.17, 15) is 9.59 Å². The molecule has 0 aliphatic carbocycles. The van der Waals surface area contributed by atoms with E-state index in [4.69, 9.17) is 28.1 Å². The molecule has 164 valence electrons. The van der Waals surface area contributed by atoms with Gasteiger partial charge in [0.1, 0.15) is 17.2 Å². The highest BCUT2D eigenvalue weighted by Gasteiger charge is 2.31. The zero-order valence-corrected chi connectivity index (χ0v) is 17.9. The van der Waals surface area contributed by atoms with E-state index < -0.39 is 5.97 Å². The summed E-state index contributed by atoms with van der Waals surface area (Å²) in [5, 5.41) is 0. The van der Waals surface area contributed by atoms with E-state index in [0.29, 0.717) is 39.7 Å². The summed E-state index contributed by atoms with van der Waals surface area (Å²) in [5.74, 6) is 1.21. The van der Waals surface area contributed by atoms with Crippen LogP contribution in [0, 0.1) is 6.92 Å². The van der Waals surface area contributed by atoms with Gasteiger partial charge in [-0.05, 0) is 42.8 Å². The van der Waals surface area contributed by atoms with Crippen LogP contribution in [0.5, 0.6) is 28.7 Å². The Morgan fingerprint density at radius 2 is 1.69 bits per heavy atom. The van der Waals surface area contributed by atoms with Crippen LogP contribution in [0.15, 0.2) is 52.8 Å². The molecule has 32 heavy (non-hydrogen) atoms. The minimum absolute atomic E-state index is 0.0706. The Morgan fingerprint density at radius 1 is 0.969 bits per heavy atom. The lowest BCUT2D eigenvalue weighted by Gasteiger charge is -2.12. The standard InChI is InChI=1S/C24H20O8/c1-13-8-15(31-24(26)16-6-5-7-30-16)11-20-22(13)23(25)21(32-20)10-14-9-18(28-3)19(29-4)12-17(14)27-2/h5-12H,1-4H3/b21-10-. The van der Waals surface area contributed by atoms with Gasteiger partial charge in [0, 0.05) is 17.7 Å². The van der Waals surface area contributed by atoms with Crippen LogP contribution in [-0.2, 0) is 0 Å². The average molecular weight is 436 g/mol. The number of ether oxygens (including phenoxy) is 5. The summed E-state index contributed by atoms with van der Waals surface area (Å²) in [6, 6.07) is 9.53.